The molecule has 0 unspecified atom stereocenters. The van der Waals surface area contributed by atoms with Crippen LogP contribution in [0, 0.1) is 16.2 Å². The lowest BCUT2D eigenvalue weighted by Crippen LogP contribution is -2.24. The lowest BCUT2D eigenvalue weighted by Gasteiger charge is -2.34. The van der Waals surface area contributed by atoms with Crippen molar-refractivity contribution < 1.29 is 23.8 Å². The Morgan fingerprint density at radius 3 is 1.17 bits per heavy atom. The SMILES string of the molecule is C=C(C)CC(C)(C)c1ccc(N(c2ccc(C(C)(C)CC(C)(C)C)cc2)c2ccc3c4c(Oc5ccc(C(C)(C)CC(C)(C)C)cc5)cc5c6c(cc(Oc7ccc(C(C)(C)CC(C)(C)C)cc7)c(c7cccc2c73)c64)C(=O)OC5=O)cc1. The molecule has 6 nitrogen and oxygen atoms in total. The van der Waals surface area contributed by atoms with E-state index in [1.165, 1.54) is 22.3 Å². The van der Waals surface area contributed by atoms with Crippen LogP contribution in [-0.4, -0.2) is 11.9 Å². The van der Waals surface area contributed by atoms with Gasteiger partial charge in [-0.1, -0.05) is 196 Å². The van der Waals surface area contributed by atoms with Gasteiger partial charge in [0.05, 0.1) is 16.8 Å². The predicted molar refractivity (Wildman–Crippen MR) is 349 cm³/mol. The van der Waals surface area contributed by atoms with E-state index in [1.807, 2.05) is 24.3 Å². The van der Waals surface area contributed by atoms with Crippen molar-refractivity contribution in [3.63, 3.8) is 0 Å². The fourth-order valence-corrected chi connectivity index (χ4v) is 14.7. The van der Waals surface area contributed by atoms with Crippen LogP contribution in [0.3, 0.4) is 0 Å². The van der Waals surface area contributed by atoms with Crippen molar-refractivity contribution in [3.05, 3.63) is 185 Å². The highest BCUT2D eigenvalue weighted by Crippen LogP contribution is 2.54. The molecule has 0 saturated carbocycles. The van der Waals surface area contributed by atoms with E-state index in [-0.39, 0.29) is 49.0 Å². The van der Waals surface area contributed by atoms with Gasteiger partial charge < -0.3 is 19.1 Å². The van der Waals surface area contributed by atoms with Gasteiger partial charge in [-0.2, -0.15) is 0 Å². The van der Waals surface area contributed by atoms with Gasteiger partial charge >= 0.3 is 11.9 Å². The Morgan fingerprint density at radius 1 is 0.422 bits per heavy atom. The number of nitrogens with zero attached hydrogens (tertiary/aromatic N) is 1. The number of carbonyl (C=O) groups is 2. The molecule has 0 aromatic heterocycles. The molecule has 0 aliphatic carbocycles. The number of carbonyl (C=O) groups excluding carboxylic acids is 2. The van der Waals surface area contributed by atoms with Crippen LogP contribution >= 0.6 is 0 Å². The Kier molecular flexibility index (Phi) is 14.7. The van der Waals surface area contributed by atoms with Gasteiger partial charge in [-0.25, -0.2) is 9.59 Å². The monoisotopic (exact) mass is 1110 g/mol. The largest absolute Gasteiger partial charge is 0.457 e. The maximum Gasteiger partial charge on any atom is 0.346 e. The molecular formula is C77H87NO5. The first-order chi connectivity index (χ1) is 38.6. The molecule has 0 bridgehead atoms. The molecule has 430 valence electrons. The fourth-order valence-electron chi connectivity index (χ4n) is 14.7. The summed E-state index contributed by atoms with van der Waals surface area (Å²) in [6.07, 6.45) is 3.90. The van der Waals surface area contributed by atoms with Crippen LogP contribution in [0.15, 0.2) is 152 Å². The number of ether oxygens (including phenoxy) is 3. The molecule has 0 amide bonds. The van der Waals surface area contributed by atoms with Gasteiger partial charge in [-0.05, 0) is 176 Å². The van der Waals surface area contributed by atoms with Crippen LogP contribution < -0.4 is 14.4 Å². The Labute approximate surface area is 494 Å². The maximum atomic E-state index is 14.2. The first kappa shape index (κ1) is 58.7. The molecule has 9 aromatic rings. The van der Waals surface area contributed by atoms with Crippen LogP contribution in [0.2, 0.25) is 0 Å². The Hall–Kier alpha value is -7.44. The summed E-state index contributed by atoms with van der Waals surface area (Å²) in [6, 6.07) is 49.3. The highest BCUT2D eigenvalue weighted by Gasteiger charge is 2.36. The van der Waals surface area contributed by atoms with E-state index >= 15 is 0 Å². The van der Waals surface area contributed by atoms with Gasteiger partial charge in [-0.3, -0.25) is 0 Å². The predicted octanol–water partition coefficient (Wildman–Crippen LogP) is 22.5. The third-order valence-corrected chi connectivity index (χ3v) is 17.0. The van der Waals surface area contributed by atoms with E-state index in [9.17, 15) is 9.59 Å². The molecular weight excluding hydrogens is 1020 g/mol. The van der Waals surface area contributed by atoms with E-state index in [1.54, 1.807) is 12.1 Å². The van der Waals surface area contributed by atoms with Crippen molar-refractivity contribution in [1.82, 2.24) is 0 Å². The van der Waals surface area contributed by atoms with Crippen molar-refractivity contribution in [1.29, 1.82) is 0 Å². The van der Waals surface area contributed by atoms with Crippen LogP contribution in [-0.2, 0) is 26.4 Å². The highest BCUT2D eigenvalue weighted by atomic mass is 16.6. The first-order valence-electron chi connectivity index (χ1n) is 29.8. The zero-order valence-corrected chi connectivity index (χ0v) is 52.8. The average molecular weight is 1110 g/mol. The quantitative estimate of drug-likeness (QED) is 0.0316. The third-order valence-electron chi connectivity index (χ3n) is 17.0. The molecule has 0 fully saturated rings. The number of cyclic esters (lactones) is 2. The Morgan fingerprint density at radius 2 is 0.783 bits per heavy atom. The summed E-state index contributed by atoms with van der Waals surface area (Å²) in [5.74, 6) is 0.739. The lowest BCUT2D eigenvalue weighted by molar-refractivity contribution is 0.0390. The Bertz CT molecular complexity index is 3820. The summed E-state index contributed by atoms with van der Waals surface area (Å²) in [4.78, 5) is 30.8. The molecule has 0 atom stereocenters. The molecule has 0 spiro atoms. The summed E-state index contributed by atoms with van der Waals surface area (Å²) >= 11 is 0. The van der Waals surface area contributed by atoms with Crippen molar-refractivity contribution >= 4 is 72.1 Å². The summed E-state index contributed by atoms with van der Waals surface area (Å²) in [6.45, 7) is 45.4. The fraction of sp³-hybridized carbons (Fsp3) is 0.377. The van der Waals surface area contributed by atoms with Gasteiger partial charge in [0.1, 0.15) is 23.0 Å². The standard InChI is InChI=1S/C77H87NO5/c1-47(2)43-74(12,13)48-23-31-52(32-24-48)78(53-33-25-49(26-34-53)75(14,15)44-71(3,4)5)61-40-39-58-64-56(61)21-20-22-57(64)66-62(81-54-35-27-50(28-36-54)76(16,17)45-72(6,7)8)41-59-65-60(70(80)83-69(59)79)42-63(67(58)68(65)66)82-55-37-29-51(30-38-55)77(18,19)46-73(9,10)11/h20-42H,1,43-46H2,2-19H3. The zero-order valence-electron chi connectivity index (χ0n) is 52.8. The molecule has 0 saturated heterocycles. The first-order valence-corrected chi connectivity index (χ1v) is 29.8. The summed E-state index contributed by atoms with van der Waals surface area (Å²) in [5, 5.41) is 6.57. The van der Waals surface area contributed by atoms with Crippen molar-refractivity contribution in [3.8, 4) is 23.0 Å². The number of hydrogen-bond acceptors (Lipinski definition) is 6. The molecule has 0 radical (unpaired) electrons. The number of anilines is 3. The molecule has 10 rings (SSSR count). The molecule has 0 N–H and O–H groups in total. The van der Waals surface area contributed by atoms with Gasteiger partial charge in [0.2, 0.25) is 0 Å². The normalized spacial score (nSPS) is 13.8. The smallest absolute Gasteiger partial charge is 0.346 e. The van der Waals surface area contributed by atoms with Crippen molar-refractivity contribution in [2.24, 2.45) is 16.2 Å². The number of hydrogen-bond donors (Lipinski definition) is 0. The number of benzene rings is 9. The van der Waals surface area contributed by atoms with Crippen molar-refractivity contribution in [2.45, 2.75) is 172 Å². The van der Waals surface area contributed by atoms with Gasteiger partial charge in [0, 0.05) is 38.3 Å². The number of allylic oxidation sites excluding steroid dienone is 1. The number of rotatable bonds is 16. The second-order valence-electron chi connectivity index (χ2n) is 30.4. The molecule has 1 aliphatic rings. The summed E-state index contributed by atoms with van der Waals surface area (Å²) in [5.41, 5.74) is 9.72. The zero-order chi connectivity index (χ0) is 60.1. The maximum absolute atomic E-state index is 14.2. The number of fused-ring (bicyclic) bond motifs is 2. The minimum absolute atomic E-state index is 0.0519. The summed E-state index contributed by atoms with van der Waals surface area (Å²) < 4.78 is 19.8. The van der Waals surface area contributed by atoms with E-state index < -0.39 is 11.9 Å². The molecule has 9 aromatic carbocycles. The molecule has 1 heterocycles. The number of esters is 2. The second kappa shape index (κ2) is 20.7. The van der Waals surface area contributed by atoms with Crippen LogP contribution in [0.25, 0.3) is 43.1 Å². The minimum atomic E-state index is -0.719. The van der Waals surface area contributed by atoms with Gasteiger partial charge in [0.25, 0.3) is 0 Å². The van der Waals surface area contributed by atoms with Gasteiger partial charge in [0.15, 0.2) is 0 Å². The second-order valence-corrected chi connectivity index (χ2v) is 30.4. The van der Waals surface area contributed by atoms with E-state index in [2.05, 4.69) is 239 Å². The van der Waals surface area contributed by atoms with E-state index in [0.29, 0.717) is 33.8 Å². The average Bonchev–Trinajstić information content (AvgIpc) is 3.45. The molecule has 1 aliphatic heterocycles. The van der Waals surface area contributed by atoms with Crippen LogP contribution in [0.4, 0.5) is 17.1 Å². The minimum Gasteiger partial charge on any atom is -0.457 e. The highest BCUT2D eigenvalue weighted by molar-refractivity contribution is 6.40. The van der Waals surface area contributed by atoms with Crippen LogP contribution in [0.1, 0.15) is 193 Å². The van der Waals surface area contributed by atoms with E-state index in [0.717, 1.165) is 80.6 Å². The topological polar surface area (TPSA) is 65.1 Å². The molecule has 83 heavy (non-hydrogen) atoms. The Balaban J connectivity index is 1.25. The summed E-state index contributed by atoms with van der Waals surface area (Å²) in [7, 11) is 0. The third kappa shape index (κ3) is 11.8. The van der Waals surface area contributed by atoms with Gasteiger partial charge in [-0.15, -0.1) is 6.58 Å². The molecule has 6 heteroatoms. The van der Waals surface area contributed by atoms with Crippen molar-refractivity contribution in [2.75, 3.05) is 4.90 Å². The lowest BCUT2D eigenvalue weighted by atomic mass is 9.72. The van der Waals surface area contributed by atoms with E-state index in [4.69, 9.17) is 14.2 Å². The van der Waals surface area contributed by atoms with Crippen LogP contribution in [0.5, 0.6) is 23.0 Å².